The summed E-state index contributed by atoms with van der Waals surface area (Å²) in [7, 11) is 0. The number of ether oxygens (including phenoxy) is 1. The summed E-state index contributed by atoms with van der Waals surface area (Å²) < 4.78 is 5.68. The van der Waals surface area contributed by atoms with Crippen LogP contribution >= 0.6 is 0 Å². The maximum atomic E-state index is 8.93. The topological polar surface area (TPSA) is 45.0 Å². The fraction of sp³-hybridized carbons (Fsp3) is 0.562. The molecule has 0 aliphatic heterocycles. The Morgan fingerprint density at radius 3 is 2.63 bits per heavy atom. The molecule has 0 aliphatic rings. The van der Waals surface area contributed by atoms with Crippen molar-refractivity contribution < 1.29 is 4.74 Å². The molecule has 0 saturated carbocycles. The summed E-state index contributed by atoms with van der Waals surface area (Å²) in [5.41, 5.74) is 2.33. The molecule has 0 radical (unpaired) electrons. The quantitative estimate of drug-likeness (QED) is 0.812. The highest BCUT2D eigenvalue weighted by atomic mass is 16.5. The second-order valence-electron chi connectivity index (χ2n) is 4.84. The van der Waals surface area contributed by atoms with Gasteiger partial charge in [0.25, 0.3) is 0 Å². The van der Waals surface area contributed by atoms with E-state index in [1.54, 1.807) is 0 Å². The molecule has 0 heterocycles. The van der Waals surface area contributed by atoms with Crippen LogP contribution in [0.25, 0.3) is 0 Å². The van der Waals surface area contributed by atoms with Crippen LogP contribution in [0.5, 0.6) is 5.75 Å². The Morgan fingerprint density at radius 1 is 1.37 bits per heavy atom. The van der Waals surface area contributed by atoms with Crippen LogP contribution < -0.4 is 10.1 Å². The van der Waals surface area contributed by atoms with Gasteiger partial charge in [0, 0.05) is 6.04 Å². The molecule has 1 N–H and O–H groups in total. The minimum absolute atomic E-state index is 0.339. The Hall–Kier alpha value is -1.53. The molecule has 1 aromatic carbocycles. The van der Waals surface area contributed by atoms with Crippen molar-refractivity contribution in [2.45, 2.75) is 52.7 Å². The molecule has 3 nitrogen and oxygen atoms in total. The van der Waals surface area contributed by atoms with Crippen molar-refractivity contribution in [3.05, 3.63) is 29.3 Å². The SMILES string of the molecule is CCCNC(C)c1ccc(OC(C#N)CC)c(C)c1. The molecule has 0 aromatic heterocycles. The zero-order chi connectivity index (χ0) is 14.3. The first-order valence-electron chi connectivity index (χ1n) is 7.02. The molecule has 0 fully saturated rings. The van der Waals surface area contributed by atoms with Gasteiger partial charge in [-0.25, -0.2) is 0 Å². The Balaban J connectivity index is 2.77. The van der Waals surface area contributed by atoms with E-state index in [4.69, 9.17) is 10.00 Å². The largest absolute Gasteiger partial charge is 0.475 e. The smallest absolute Gasteiger partial charge is 0.184 e. The Morgan fingerprint density at radius 2 is 2.11 bits per heavy atom. The molecule has 1 aromatic rings. The van der Waals surface area contributed by atoms with Crippen LogP contribution in [0.4, 0.5) is 0 Å². The van der Waals surface area contributed by atoms with E-state index in [2.05, 4.69) is 37.4 Å². The first kappa shape index (κ1) is 15.5. The summed E-state index contributed by atoms with van der Waals surface area (Å²) in [6.45, 7) is 9.32. The van der Waals surface area contributed by atoms with Crippen molar-refractivity contribution >= 4 is 0 Å². The summed E-state index contributed by atoms with van der Waals surface area (Å²) >= 11 is 0. The van der Waals surface area contributed by atoms with Gasteiger partial charge in [0.15, 0.2) is 6.10 Å². The van der Waals surface area contributed by atoms with Crippen molar-refractivity contribution in [1.82, 2.24) is 5.32 Å². The lowest BCUT2D eigenvalue weighted by atomic mass is 10.0. The minimum Gasteiger partial charge on any atom is -0.475 e. The summed E-state index contributed by atoms with van der Waals surface area (Å²) in [5, 5.41) is 12.4. The molecule has 3 heteroatoms. The first-order chi connectivity index (χ1) is 9.12. The van der Waals surface area contributed by atoms with Gasteiger partial charge in [0.1, 0.15) is 11.8 Å². The van der Waals surface area contributed by atoms with Crippen molar-refractivity contribution in [2.75, 3.05) is 6.54 Å². The Bertz CT molecular complexity index is 437. The van der Waals surface area contributed by atoms with Gasteiger partial charge in [-0.2, -0.15) is 5.26 Å². The van der Waals surface area contributed by atoms with Gasteiger partial charge in [-0.15, -0.1) is 0 Å². The monoisotopic (exact) mass is 260 g/mol. The molecule has 104 valence electrons. The van der Waals surface area contributed by atoms with Gasteiger partial charge in [-0.1, -0.05) is 26.0 Å². The highest BCUT2D eigenvalue weighted by Gasteiger charge is 2.10. The number of benzene rings is 1. The fourth-order valence-electron chi connectivity index (χ4n) is 1.91. The zero-order valence-corrected chi connectivity index (χ0v) is 12.4. The third-order valence-corrected chi connectivity index (χ3v) is 3.18. The number of hydrogen-bond donors (Lipinski definition) is 1. The number of hydrogen-bond acceptors (Lipinski definition) is 3. The van der Waals surface area contributed by atoms with Crippen molar-refractivity contribution in [2.24, 2.45) is 0 Å². The number of nitriles is 1. The average Bonchev–Trinajstić information content (AvgIpc) is 2.43. The number of aryl methyl sites for hydroxylation is 1. The molecule has 0 bridgehead atoms. The van der Waals surface area contributed by atoms with E-state index in [1.165, 1.54) is 5.56 Å². The zero-order valence-electron chi connectivity index (χ0n) is 12.4. The Kier molecular flexibility index (Phi) is 6.38. The van der Waals surface area contributed by atoms with E-state index < -0.39 is 0 Å². The van der Waals surface area contributed by atoms with Gasteiger partial charge in [-0.05, 0) is 50.4 Å². The third-order valence-electron chi connectivity index (χ3n) is 3.18. The summed E-state index contributed by atoms with van der Waals surface area (Å²) in [6.07, 6.45) is 1.47. The molecule has 0 amide bonds. The van der Waals surface area contributed by atoms with Gasteiger partial charge in [0.05, 0.1) is 0 Å². The van der Waals surface area contributed by atoms with E-state index >= 15 is 0 Å². The van der Waals surface area contributed by atoms with Crippen LogP contribution in [0.1, 0.15) is 50.8 Å². The van der Waals surface area contributed by atoms with E-state index in [9.17, 15) is 0 Å². The van der Waals surface area contributed by atoms with Crippen LogP contribution in [0.2, 0.25) is 0 Å². The average molecular weight is 260 g/mol. The second kappa shape index (κ2) is 7.81. The van der Waals surface area contributed by atoms with Gasteiger partial charge in [0.2, 0.25) is 0 Å². The molecule has 0 spiro atoms. The van der Waals surface area contributed by atoms with Crippen molar-refractivity contribution in [3.8, 4) is 11.8 Å². The lowest BCUT2D eigenvalue weighted by molar-refractivity contribution is 0.250. The van der Waals surface area contributed by atoms with Crippen LogP contribution in [-0.4, -0.2) is 12.6 Å². The molecule has 19 heavy (non-hydrogen) atoms. The van der Waals surface area contributed by atoms with Gasteiger partial charge >= 0.3 is 0 Å². The standard InChI is InChI=1S/C16H24N2O/c1-5-9-18-13(4)14-7-8-16(12(3)10-14)19-15(6-2)11-17/h7-8,10,13,15,18H,5-6,9H2,1-4H3. The molecule has 0 saturated heterocycles. The van der Waals surface area contributed by atoms with Crippen LogP contribution in [0.3, 0.4) is 0 Å². The third kappa shape index (κ3) is 4.57. The Labute approximate surface area is 116 Å². The molecular formula is C16H24N2O. The summed E-state index contributed by atoms with van der Waals surface area (Å²) in [5.74, 6) is 0.805. The fourth-order valence-corrected chi connectivity index (χ4v) is 1.91. The van der Waals surface area contributed by atoms with E-state index in [0.29, 0.717) is 12.5 Å². The van der Waals surface area contributed by atoms with Crippen LogP contribution in [0, 0.1) is 18.3 Å². The second-order valence-corrected chi connectivity index (χ2v) is 4.84. The molecular weight excluding hydrogens is 236 g/mol. The molecule has 1 rings (SSSR count). The highest BCUT2D eigenvalue weighted by molar-refractivity contribution is 5.37. The molecule has 2 atom stereocenters. The number of rotatable bonds is 7. The maximum absolute atomic E-state index is 8.93. The maximum Gasteiger partial charge on any atom is 0.184 e. The van der Waals surface area contributed by atoms with Crippen LogP contribution in [-0.2, 0) is 0 Å². The predicted molar refractivity (Wildman–Crippen MR) is 78.2 cm³/mol. The predicted octanol–water partition coefficient (Wildman–Crippen LogP) is 3.74. The molecule has 2 unspecified atom stereocenters. The van der Waals surface area contributed by atoms with E-state index in [1.807, 2.05) is 19.9 Å². The summed E-state index contributed by atoms with van der Waals surface area (Å²) in [6, 6.07) is 8.66. The van der Waals surface area contributed by atoms with Crippen molar-refractivity contribution in [1.29, 1.82) is 5.26 Å². The number of nitrogens with zero attached hydrogens (tertiary/aromatic N) is 1. The van der Waals surface area contributed by atoms with E-state index in [-0.39, 0.29) is 6.10 Å². The highest BCUT2D eigenvalue weighted by Crippen LogP contribution is 2.24. The summed E-state index contributed by atoms with van der Waals surface area (Å²) in [4.78, 5) is 0. The lowest BCUT2D eigenvalue weighted by Crippen LogP contribution is -2.19. The van der Waals surface area contributed by atoms with Gasteiger partial charge in [-0.3, -0.25) is 0 Å². The minimum atomic E-state index is -0.361. The molecule has 0 aliphatic carbocycles. The normalized spacial score (nSPS) is 13.6. The van der Waals surface area contributed by atoms with Gasteiger partial charge < -0.3 is 10.1 Å². The first-order valence-corrected chi connectivity index (χ1v) is 7.02. The van der Waals surface area contributed by atoms with E-state index in [0.717, 1.165) is 24.3 Å². The number of nitrogens with one attached hydrogen (secondary N) is 1. The van der Waals surface area contributed by atoms with Crippen LogP contribution in [0.15, 0.2) is 18.2 Å². The lowest BCUT2D eigenvalue weighted by Gasteiger charge is -2.17. The van der Waals surface area contributed by atoms with Crippen molar-refractivity contribution in [3.63, 3.8) is 0 Å².